The van der Waals surface area contributed by atoms with Crippen LogP contribution in [0.25, 0.3) is 0 Å². The Bertz CT molecular complexity index is 531. The number of fused-ring (bicyclic) bond motifs is 1. The Kier molecular flexibility index (Phi) is 2.88. The van der Waals surface area contributed by atoms with E-state index in [0.717, 1.165) is 47.2 Å². The van der Waals surface area contributed by atoms with Crippen molar-refractivity contribution in [3.05, 3.63) is 22.2 Å². The van der Waals surface area contributed by atoms with Gasteiger partial charge in [-0.25, -0.2) is 4.79 Å². The smallest absolute Gasteiger partial charge is 0.235 e. The van der Waals surface area contributed by atoms with Gasteiger partial charge in [0.1, 0.15) is 0 Å². The van der Waals surface area contributed by atoms with Crippen LogP contribution in [-0.4, -0.2) is 12.9 Å². The van der Waals surface area contributed by atoms with Crippen LogP contribution in [0.3, 0.4) is 0 Å². The molecule has 0 bridgehead atoms. The van der Waals surface area contributed by atoms with Crippen molar-refractivity contribution in [1.29, 1.82) is 0 Å². The predicted octanol–water partition coefficient (Wildman–Crippen LogP) is 3.28. The van der Waals surface area contributed by atoms with Crippen LogP contribution in [0, 0.1) is 0 Å². The zero-order chi connectivity index (χ0) is 12.6. The van der Waals surface area contributed by atoms with Gasteiger partial charge in [-0.2, -0.15) is 4.99 Å². The minimum Gasteiger partial charge on any atom is -0.454 e. The largest absolute Gasteiger partial charge is 0.454 e. The number of nitrogens with zero attached hydrogens (tertiary/aromatic N) is 1. The summed E-state index contributed by atoms with van der Waals surface area (Å²) in [6.07, 6.45) is 5.63. The van der Waals surface area contributed by atoms with E-state index in [1.54, 1.807) is 6.08 Å². The van der Waals surface area contributed by atoms with Gasteiger partial charge in [-0.3, -0.25) is 0 Å². The van der Waals surface area contributed by atoms with Crippen LogP contribution in [0.2, 0.25) is 0 Å². The Balaban J connectivity index is 2.12. The summed E-state index contributed by atoms with van der Waals surface area (Å²) in [4.78, 5) is 14.8. The van der Waals surface area contributed by atoms with Crippen LogP contribution in [0.1, 0.15) is 31.2 Å². The lowest BCUT2D eigenvalue weighted by Crippen LogP contribution is -2.19. The van der Waals surface area contributed by atoms with Gasteiger partial charge in [0.25, 0.3) is 0 Å². The van der Waals surface area contributed by atoms with E-state index in [2.05, 4.69) is 20.9 Å². The monoisotopic (exact) mass is 309 g/mol. The molecule has 0 aromatic heterocycles. The molecule has 1 heterocycles. The van der Waals surface area contributed by atoms with Crippen LogP contribution in [-0.2, 0) is 10.3 Å². The number of aliphatic imine (C=N–C) groups is 1. The van der Waals surface area contributed by atoms with Crippen molar-refractivity contribution >= 4 is 22.0 Å². The average molecular weight is 310 g/mol. The maximum atomic E-state index is 10.7. The van der Waals surface area contributed by atoms with E-state index in [1.807, 2.05) is 12.1 Å². The summed E-state index contributed by atoms with van der Waals surface area (Å²) in [5, 5.41) is 0. The number of carbonyl (C=O) groups excluding carboxylic acids is 1. The quantitative estimate of drug-likeness (QED) is 0.622. The first-order chi connectivity index (χ1) is 8.75. The molecule has 5 heteroatoms. The topological polar surface area (TPSA) is 47.9 Å². The Labute approximate surface area is 113 Å². The molecule has 0 radical (unpaired) electrons. The molecular formula is C13H12BrNO3. The van der Waals surface area contributed by atoms with Gasteiger partial charge in [-0.05, 0) is 30.5 Å². The van der Waals surface area contributed by atoms with Crippen LogP contribution in [0.4, 0.5) is 0 Å². The van der Waals surface area contributed by atoms with E-state index in [4.69, 9.17) is 9.47 Å². The van der Waals surface area contributed by atoms with E-state index in [0.29, 0.717) is 0 Å². The fourth-order valence-electron chi connectivity index (χ4n) is 2.76. The lowest BCUT2D eigenvalue weighted by molar-refractivity contribution is 0.174. The minimum absolute atomic E-state index is 0.245. The molecule has 1 aromatic rings. The number of benzene rings is 1. The predicted molar refractivity (Wildman–Crippen MR) is 68.5 cm³/mol. The molecule has 1 saturated carbocycles. The zero-order valence-electron chi connectivity index (χ0n) is 9.74. The lowest BCUT2D eigenvalue weighted by atomic mass is 9.88. The summed E-state index contributed by atoms with van der Waals surface area (Å²) in [5.74, 6) is 1.45. The molecule has 0 N–H and O–H groups in total. The van der Waals surface area contributed by atoms with Gasteiger partial charge in [0.2, 0.25) is 12.9 Å². The van der Waals surface area contributed by atoms with E-state index in [1.165, 1.54) is 0 Å². The molecule has 0 amide bonds. The molecular weight excluding hydrogens is 298 g/mol. The molecule has 1 aromatic carbocycles. The van der Waals surface area contributed by atoms with Gasteiger partial charge in [0.15, 0.2) is 11.5 Å². The van der Waals surface area contributed by atoms with Gasteiger partial charge in [-0.15, -0.1) is 0 Å². The van der Waals surface area contributed by atoms with Gasteiger partial charge in [0, 0.05) is 4.47 Å². The van der Waals surface area contributed by atoms with Crippen molar-refractivity contribution < 1.29 is 14.3 Å². The summed E-state index contributed by atoms with van der Waals surface area (Å²) < 4.78 is 11.6. The van der Waals surface area contributed by atoms with Crippen molar-refractivity contribution in [1.82, 2.24) is 0 Å². The number of ether oxygens (including phenoxy) is 2. The maximum absolute atomic E-state index is 10.7. The van der Waals surface area contributed by atoms with Crippen LogP contribution in [0.5, 0.6) is 11.5 Å². The molecule has 1 fully saturated rings. The van der Waals surface area contributed by atoms with Crippen LogP contribution in [0.15, 0.2) is 21.6 Å². The summed E-state index contributed by atoms with van der Waals surface area (Å²) in [6, 6.07) is 3.82. The molecule has 1 aliphatic heterocycles. The van der Waals surface area contributed by atoms with Gasteiger partial charge in [-0.1, -0.05) is 28.8 Å². The third-order valence-corrected chi connectivity index (χ3v) is 4.31. The molecule has 0 saturated heterocycles. The first-order valence-corrected chi connectivity index (χ1v) is 6.73. The minimum atomic E-state index is -0.443. The van der Waals surface area contributed by atoms with E-state index in [9.17, 15) is 4.79 Å². The number of halogens is 1. The average Bonchev–Trinajstić information content (AvgIpc) is 2.97. The van der Waals surface area contributed by atoms with Crippen molar-refractivity contribution in [3.8, 4) is 11.5 Å². The molecule has 2 aliphatic rings. The van der Waals surface area contributed by atoms with E-state index < -0.39 is 5.54 Å². The van der Waals surface area contributed by atoms with Crippen molar-refractivity contribution in [2.45, 2.75) is 31.2 Å². The molecule has 0 atom stereocenters. The molecule has 3 rings (SSSR count). The second-order valence-corrected chi connectivity index (χ2v) is 5.48. The van der Waals surface area contributed by atoms with Crippen LogP contribution >= 0.6 is 15.9 Å². The van der Waals surface area contributed by atoms with Gasteiger partial charge < -0.3 is 9.47 Å². The van der Waals surface area contributed by atoms with Crippen molar-refractivity contribution in [2.24, 2.45) is 4.99 Å². The highest BCUT2D eigenvalue weighted by atomic mass is 79.9. The summed E-state index contributed by atoms with van der Waals surface area (Å²) in [5.41, 5.74) is 0.550. The lowest BCUT2D eigenvalue weighted by Gasteiger charge is -2.24. The second-order valence-electron chi connectivity index (χ2n) is 4.63. The highest BCUT2D eigenvalue weighted by molar-refractivity contribution is 9.10. The number of hydrogen-bond donors (Lipinski definition) is 0. The second kappa shape index (κ2) is 4.41. The summed E-state index contributed by atoms with van der Waals surface area (Å²) in [6.45, 7) is 0.245. The Morgan fingerprint density at radius 2 is 1.89 bits per heavy atom. The first-order valence-electron chi connectivity index (χ1n) is 5.94. The molecule has 4 nitrogen and oxygen atoms in total. The molecule has 18 heavy (non-hydrogen) atoms. The third kappa shape index (κ3) is 1.74. The SMILES string of the molecule is O=C=NC1(c2cc3c(cc2Br)OCO3)CCCC1. The number of hydrogen-bond acceptors (Lipinski definition) is 4. The Morgan fingerprint density at radius 1 is 1.22 bits per heavy atom. The normalized spacial score (nSPS) is 19.6. The fourth-order valence-corrected chi connectivity index (χ4v) is 3.45. The molecule has 94 valence electrons. The van der Waals surface area contributed by atoms with E-state index >= 15 is 0 Å². The summed E-state index contributed by atoms with van der Waals surface area (Å²) in [7, 11) is 0. The Hall–Kier alpha value is -1.32. The molecule has 0 unspecified atom stereocenters. The highest BCUT2D eigenvalue weighted by Crippen LogP contribution is 2.48. The first kappa shape index (κ1) is 11.8. The van der Waals surface area contributed by atoms with Gasteiger partial charge >= 0.3 is 0 Å². The third-order valence-electron chi connectivity index (χ3n) is 3.65. The Morgan fingerprint density at radius 3 is 2.56 bits per heavy atom. The maximum Gasteiger partial charge on any atom is 0.235 e. The zero-order valence-corrected chi connectivity index (χ0v) is 11.3. The fraction of sp³-hybridized carbons (Fsp3) is 0.462. The van der Waals surface area contributed by atoms with Gasteiger partial charge in [0.05, 0.1) is 5.54 Å². The number of isocyanates is 1. The van der Waals surface area contributed by atoms with E-state index in [-0.39, 0.29) is 6.79 Å². The number of rotatable bonds is 2. The van der Waals surface area contributed by atoms with Crippen molar-refractivity contribution in [3.63, 3.8) is 0 Å². The standard InChI is InChI=1S/C13H12BrNO3/c14-10-6-12-11(17-8-18-12)5-9(10)13(15-7-16)3-1-2-4-13/h5-6H,1-4,8H2. The molecule has 0 spiro atoms. The van der Waals surface area contributed by atoms with Crippen molar-refractivity contribution in [2.75, 3.05) is 6.79 Å². The summed E-state index contributed by atoms with van der Waals surface area (Å²) >= 11 is 3.54. The molecule has 1 aliphatic carbocycles. The van der Waals surface area contributed by atoms with Crippen LogP contribution < -0.4 is 9.47 Å². The highest BCUT2D eigenvalue weighted by Gasteiger charge is 2.38.